The third-order valence-corrected chi connectivity index (χ3v) is 4.04. The Labute approximate surface area is 158 Å². The maximum absolute atomic E-state index is 11.5. The summed E-state index contributed by atoms with van der Waals surface area (Å²) in [5, 5.41) is 18.3. The molecule has 0 spiro atoms. The molecule has 0 atom stereocenters. The molecule has 2 aromatic rings. The number of aliphatic hydroxyl groups is 1. The molecule has 0 heterocycles. The van der Waals surface area contributed by atoms with Crippen molar-refractivity contribution in [1.82, 2.24) is 0 Å². The molecule has 0 radical (unpaired) electrons. The van der Waals surface area contributed by atoms with E-state index in [1.807, 2.05) is 18.2 Å². The van der Waals surface area contributed by atoms with Gasteiger partial charge in [-0.2, -0.15) is 0 Å². The Hall–Kier alpha value is -2.99. The molecule has 6 heteroatoms. The topological polar surface area (TPSA) is 85.2 Å². The maximum atomic E-state index is 11.5. The van der Waals surface area contributed by atoms with Gasteiger partial charge in [-0.25, -0.2) is 4.79 Å². The number of carboxylic acid groups (broad SMARTS) is 1. The molecule has 0 bridgehead atoms. The number of aliphatic hydroxyl groups excluding tert-OH is 1. The van der Waals surface area contributed by atoms with Crippen LogP contribution >= 0.6 is 0 Å². The fourth-order valence-corrected chi connectivity index (χ4v) is 2.71. The van der Waals surface area contributed by atoms with Crippen LogP contribution in [-0.4, -0.2) is 44.1 Å². The normalized spacial score (nSPS) is 10.8. The minimum absolute atomic E-state index is 0.121. The van der Waals surface area contributed by atoms with Crippen LogP contribution in [0, 0.1) is 0 Å². The maximum Gasteiger partial charge on any atom is 0.335 e. The predicted octanol–water partition coefficient (Wildman–Crippen LogP) is 3.86. The Bertz CT molecular complexity index is 800. The smallest absolute Gasteiger partial charge is 0.335 e. The fourth-order valence-electron chi connectivity index (χ4n) is 2.71. The number of methoxy groups -OCH3 is 3. The fraction of sp³-hybridized carbons (Fsp3) is 0.286. The summed E-state index contributed by atoms with van der Waals surface area (Å²) in [5.74, 6) is 0.455. The lowest BCUT2D eigenvalue weighted by Gasteiger charge is -2.15. The molecule has 0 amide bonds. The minimum Gasteiger partial charge on any atom is -0.493 e. The van der Waals surface area contributed by atoms with Crippen molar-refractivity contribution >= 4 is 12.0 Å². The largest absolute Gasteiger partial charge is 0.493 e. The molecular weight excluding hydrogens is 348 g/mol. The second-order valence-electron chi connectivity index (χ2n) is 5.83. The van der Waals surface area contributed by atoms with Gasteiger partial charge in [-0.05, 0) is 59.9 Å². The predicted molar refractivity (Wildman–Crippen MR) is 104 cm³/mol. The molecule has 2 rings (SSSR count). The highest BCUT2D eigenvalue weighted by Crippen LogP contribution is 2.41. The average Bonchev–Trinajstić information content (AvgIpc) is 2.69. The standard InChI is InChI=1S/C21H24O6/c1-25-18-12-16(13-19(26-2)20(18)27-3)15-9-14(7-5-4-6-8-22)10-17(11-15)21(23)24/h5,7,9-13,22H,4,6,8H2,1-3H3,(H,23,24). The molecule has 0 fully saturated rings. The number of hydrogen-bond donors (Lipinski definition) is 2. The first-order valence-electron chi connectivity index (χ1n) is 8.50. The van der Waals surface area contributed by atoms with E-state index in [9.17, 15) is 9.90 Å². The summed E-state index contributed by atoms with van der Waals surface area (Å²) >= 11 is 0. The summed E-state index contributed by atoms with van der Waals surface area (Å²) in [6.45, 7) is 0.121. The van der Waals surface area contributed by atoms with Gasteiger partial charge in [0, 0.05) is 6.61 Å². The zero-order valence-corrected chi connectivity index (χ0v) is 15.7. The van der Waals surface area contributed by atoms with E-state index in [1.165, 1.54) is 21.3 Å². The first kappa shape index (κ1) is 20.3. The molecule has 2 N–H and O–H groups in total. The summed E-state index contributed by atoms with van der Waals surface area (Å²) in [5.41, 5.74) is 2.41. The zero-order chi connectivity index (χ0) is 19.8. The van der Waals surface area contributed by atoms with E-state index in [0.717, 1.165) is 16.7 Å². The van der Waals surface area contributed by atoms with E-state index in [-0.39, 0.29) is 12.2 Å². The van der Waals surface area contributed by atoms with Crippen LogP contribution in [0.1, 0.15) is 28.8 Å². The summed E-state index contributed by atoms with van der Waals surface area (Å²) in [6, 6.07) is 8.67. The number of aromatic carboxylic acids is 1. The van der Waals surface area contributed by atoms with Crippen LogP contribution in [0.2, 0.25) is 0 Å². The van der Waals surface area contributed by atoms with Crippen molar-refractivity contribution in [3.8, 4) is 28.4 Å². The van der Waals surface area contributed by atoms with Gasteiger partial charge in [0.15, 0.2) is 11.5 Å². The van der Waals surface area contributed by atoms with Crippen molar-refractivity contribution in [2.75, 3.05) is 27.9 Å². The molecule has 0 aliphatic carbocycles. The van der Waals surface area contributed by atoms with E-state index in [2.05, 4.69) is 0 Å². The van der Waals surface area contributed by atoms with Gasteiger partial charge in [0.25, 0.3) is 0 Å². The number of rotatable bonds is 9. The highest BCUT2D eigenvalue weighted by Gasteiger charge is 2.15. The lowest BCUT2D eigenvalue weighted by Crippen LogP contribution is -1.99. The van der Waals surface area contributed by atoms with Crippen molar-refractivity contribution in [3.63, 3.8) is 0 Å². The molecule has 2 aromatic carbocycles. The number of allylic oxidation sites excluding steroid dienone is 1. The van der Waals surface area contributed by atoms with Crippen LogP contribution in [0.5, 0.6) is 17.2 Å². The highest BCUT2D eigenvalue weighted by molar-refractivity contribution is 5.91. The van der Waals surface area contributed by atoms with Crippen LogP contribution in [-0.2, 0) is 0 Å². The van der Waals surface area contributed by atoms with Crippen LogP contribution < -0.4 is 14.2 Å². The van der Waals surface area contributed by atoms with Crippen LogP contribution in [0.4, 0.5) is 0 Å². The molecule has 144 valence electrons. The quantitative estimate of drug-likeness (QED) is 0.650. The van der Waals surface area contributed by atoms with Gasteiger partial charge in [0.1, 0.15) is 0 Å². The van der Waals surface area contributed by atoms with Crippen molar-refractivity contribution in [3.05, 3.63) is 47.5 Å². The molecule has 0 aliphatic rings. The number of carboxylic acids is 1. The lowest BCUT2D eigenvalue weighted by atomic mass is 9.98. The Morgan fingerprint density at radius 3 is 2.11 bits per heavy atom. The van der Waals surface area contributed by atoms with Crippen molar-refractivity contribution in [1.29, 1.82) is 0 Å². The molecule has 0 saturated heterocycles. The summed E-state index contributed by atoms with van der Waals surface area (Å²) < 4.78 is 16.1. The van der Waals surface area contributed by atoms with Crippen LogP contribution in [0.15, 0.2) is 36.4 Å². The summed E-state index contributed by atoms with van der Waals surface area (Å²) in [6.07, 6.45) is 5.14. The second kappa shape index (κ2) is 9.64. The molecule has 0 aliphatic heterocycles. The number of benzene rings is 2. The third kappa shape index (κ3) is 5.01. The van der Waals surface area contributed by atoms with Gasteiger partial charge in [-0.1, -0.05) is 12.2 Å². The number of unbranched alkanes of at least 4 members (excludes halogenated alkanes) is 1. The molecular formula is C21H24O6. The van der Waals surface area contributed by atoms with Crippen LogP contribution in [0.25, 0.3) is 17.2 Å². The Morgan fingerprint density at radius 1 is 0.963 bits per heavy atom. The van der Waals surface area contributed by atoms with Gasteiger partial charge in [0.2, 0.25) is 5.75 Å². The van der Waals surface area contributed by atoms with Gasteiger partial charge in [0.05, 0.1) is 26.9 Å². The molecule has 0 unspecified atom stereocenters. The number of ether oxygens (including phenoxy) is 3. The zero-order valence-electron chi connectivity index (χ0n) is 15.7. The highest BCUT2D eigenvalue weighted by atomic mass is 16.5. The first-order chi connectivity index (χ1) is 13.0. The van der Waals surface area contributed by atoms with Crippen molar-refractivity contribution < 1.29 is 29.2 Å². The van der Waals surface area contributed by atoms with E-state index < -0.39 is 5.97 Å². The molecule has 0 saturated carbocycles. The Kier molecular flexibility index (Phi) is 7.25. The van der Waals surface area contributed by atoms with Gasteiger partial charge < -0.3 is 24.4 Å². The Morgan fingerprint density at radius 2 is 1.59 bits per heavy atom. The molecule has 27 heavy (non-hydrogen) atoms. The molecule has 0 aromatic heterocycles. The Balaban J connectivity index is 2.55. The van der Waals surface area contributed by atoms with E-state index >= 15 is 0 Å². The van der Waals surface area contributed by atoms with Crippen molar-refractivity contribution in [2.45, 2.75) is 12.8 Å². The molecule has 6 nitrogen and oxygen atoms in total. The van der Waals surface area contributed by atoms with E-state index in [4.69, 9.17) is 19.3 Å². The number of carbonyl (C=O) groups is 1. The second-order valence-corrected chi connectivity index (χ2v) is 5.83. The third-order valence-electron chi connectivity index (χ3n) is 4.04. The summed E-state index contributed by atoms with van der Waals surface area (Å²) in [7, 11) is 4.59. The van der Waals surface area contributed by atoms with Gasteiger partial charge in [-0.15, -0.1) is 0 Å². The minimum atomic E-state index is -1.01. The number of hydrogen-bond acceptors (Lipinski definition) is 5. The monoisotopic (exact) mass is 372 g/mol. The lowest BCUT2D eigenvalue weighted by molar-refractivity contribution is 0.0697. The van der Waals surface area contributed by atoms with Gasteiger partial charge in [-0.3, -0.25) is 0 Å². The summed E-state index contributed by atoms with van der Waals surface area (Å²) in [4.78, 5) is 11.5. The first-order valence-corrected chi connectivity index (χ1v) is 8.50. The van der Waals surface area contributed by atoms with Gasteiger partial charge >= 0.3 is 5.97 Å². The van der Waals surface area contributed by atoms with Crippen LogP contribution in [0.3, 0.4) is 0 Å². The van der Waals surface area contributed by atoms with E-state index in [0.29, 0.717) is 30.1 Å². The average molecular weight is 372 g/mol. The van der Waals surface area contributed by atoms with E-state index in [1.54, 1.807) is 24.3 Å². The SMILES string of the molecule is COc1cc(-c2cc(C=CCCCO)cc(C(=O)O)c2)cc(OC)c1OC. The van der Waals surface area contributed by atoms with Crippen molar-refractivity contribution in [2.24, 2.45) is 0 Å².